The molecule has 0 heterocycles. The first-order valence-corrected chi connectivity index (χ1v) is 8.69. The molecule has 0 aromatic heterocycles. The topological polar surface area (TPSA) is 94.9 Å². The van der Waals surface area contributed by atoms with Gasteiger partial charge >= 0.3 is 23.7 Å². The lowest BCUT2D eigenvalue weighted by molar-refractivity contribution is -0.369. The van der Waals surface area contributed by atoms with Crippen molar-refractivity contribution >= 4 is 0 Å². The molecule has 16 heteroatoms. The van der Waals surface area contributed by atoms with E-state index in [1.54, 1.807) is 4.91 Å². The van der Waals surface area contributed by atoms with Crippen LogP contribution < -0.4 is 0 Å². The smallest absolute Gasteiger partial charge is 0.380 e. The lowest BCUT2D eigenvalue weighted by atomic mass is 9.99. The Balaban J connectivity index is 4.25. The fraction of sp³-hybridized carbons (Fsp3) is 1.00. The average molecular weight is 477 g/mol. The van der Waals surface area contributed by atoms with Crippen LogP contribution in [0.25, 0.3) is 10.4 Å². The molecule has 0 spiro atoms. The van der Waals surface area contributed by atoms with Gasteiger partial charge in [-0.05, 0) is 5.53 Å². The molecule has 0 fully saturated rings. The molecule has 0 atom stereocenters. The Kier molecular flexibility index (Phi) is 13.2. The number of halogens is 8. The van der Waals surface area contributed by atoms with Gasteiger partial charge in [-0.25, -0.2) is 0 Å². The summed E-state index contributed by atoms with van der Waals surface area (Å²) in [5, 5.41) is 2.05. The molecule has 0 N–H and O–H groups in total. The average Bonchev–Trinajstić information content (AvgIpc) is 2.69. The summed E-state index contributed by atoms with van der Waals surface area (Å²) < 4.78 is 131. The largest absolute Gasteiger partial charge is 0.382 e. The minimum Gasteiger partial charge on any atom is -0.382 e. The summed E-state index contributed by atoms with van der Waals surface area (Å²) in [5.41, 5.74) is 7.84. The van der Waals surface area contributed by atoms with Crippen LogP contribution in [0.3, 0.4) is 0 Å². The van der Waals surface area contributed by atoms with Gasteiger partial charge in [-0.15, -0.1) is 0 Å². The highest BCUT2D eigenvalue weighted by atomic mass is 19.4. The van der Waals surface area contributed by atoms with E-state index in [0.29, 0.717) is 19.8 Å². The Labute approximate surface area is 172 Å². The van der Waals surface area contributed by atoms with Crippen LogP contribution >= 0.6 is 0 Å². The van der Waals surface area contributed by atoms with E-state index in [0.717, 1.165) is 0 Å². The number of ether oxygens (including phenoxy) is 5. The maximum atomic E-state index is 13.5. The third kappa shape index (κ3) is 9.29. The first-order chi connectivity index (χ1) is 14.4. The van der Waals surface area contributed by atoms with E-state index in [2.05, 4.69) is 4.74 Å². The molecule has 0 bridgehead atoms. The van der Waals surface area contributed by atoms with E-state index in [-0.39, 0.29) is 26.4 Å². The maximum absolute atomic E-state index is 13.5. The number of alkyl halides is 8. The van der Waals surface area contributed by atoms with Gasteiger partial charge in [-0.1, -0.05) is 5.11 Å². The molecule has 0 aliphatic rings. The fourth-order valence-corrected chi connectivity index (χ4v) is 1.77. The number of methoxy groups -OCH3 is 1. The van der Waals surface area contributed by atoms with Crippen molar-refractivity contribution in [2.45, 2.75) is 23.7 Å². The monoisotopic (exact) mass is 477 g/mol. The Bertz CT molecular complexity index is 551. The number of nitrogens with zero attached hydrogens (tertiary/aromatic N) is 3. The van der Waals surface area contributed by atoms with Gasteiger partial charge in [0.15, 0.2) is 0 Å². The number of azide groups is 1. The standard InChI is InChI=1S/C15H23F8N3O5/c1-27-2-3-28-4-5-29-6-7-30-8-9-31-11-13(18,19)15(22,23)14(20,21)12(16,17)10-25-26-24/h2-11H2,1H3. The highest BCUT2D eigenvalue weighted by Crippen LogP contribution is 2.52. The number of hydrogen-bond donors (Lipinski definition) is 0. The van der Waals surface area contributed by atoms with Gasteiger partial charge in [0.2, 0.25) is 0 Å². The van der Waals surface area contributed by atoms with Crippen molar-refractivity contribution < 1.29 is 58.8 Å². The fourth-order valence-electron chi connectivity index (χ4n) is 1.77. The Hall–Kier alpha value is -1.45. The minimum atomic E-state index is -6.51. The summed E-state index contributed by atoms with van der Waals surface area (Å²) >= 11 is 0. The molecule has 0 radical (unpaired) electrons. The van der Waals surface area contributed by atoms with Crippen molar-refractivity contribution in [3.8, 4) is 0 Å². The molecule has 31 heavy (non-hydrogen) atoms. The zero-order chi connectivity index (χ0) is 24.0. The van der Waals surface area contributed by atoms with Gasteiger partial charge in [-0.2, -0.15) is 35.1 Å². The van der Waals surface area contributed by atoms with Gasteiger partial charge < -0.3 is 23.7 Å². The zero-order valence-corrected chi connectivity index (χ0v) is 16.5. The highest BCUT2D eigenvalue weighted by molar-refractivity contribution is 5.04. The van der Waals surface area contributed by atoms with E-state index in [4.69, 9.17) is 24.5 Å². The van der Waals surface area contributed by atoms with Gasteiger partial charge in [-0.3, -0.25) is 0 Å². The lowest BCUT2D eigenvalue weighted by Crippen LogP contribution is -2.64. The quantitative estimate of drug-likeness (QED) is 0.0933. The highest BCUT2D eigenvalue weighted by Gasteiger charge is 2.80. The maximum Gasteiger partial charge on any atom is 0.380 e. The minimum absolute atomic E-state index is 0.0162. The molecule has 8 nitrogen and oxygen atoms in total. The van der Waals surface area contributed by atoms with E-state index in [1.807, 2.05) is 5.11 Å². The van der Waals surface area contributed by atoms with Crippen LogP contribution in [0.2, 0.25) is 0 Å². The Morgan fingerprint density at radius 2 is 1.03 bits per heavy atom. The van der Waals surface area contributed by atoms with Crippen molar-refractivity contribution in [2.24, 2.45) is 5.11 Å². The summed E-state index contributed by atoms with van der Waals surface area (Å²) in [5.74, 6) is -24.4. The van der Waals surface area contributed by atoms with E-state index in [1.165, 1.54) is 7.11 Å². The lowest BCUT2D eigenvalue weighted by Gasteiger charge is -2.36. The first-order valence-electron chi connectivity index (χ1n) is 8.69. The van der Waals surface area contributed by atoms with Crippen LogP contribution in [-0.4, -0.2) is 96.8 Å². The first kappa shape index (κ1) is 29.5. The van der Waals surface area contributed by atoms with E-state index in [9.17, 15) is 35.1 Å². The van der Waals surface area contributed by atoms with Crippen LogP contribution in [-0.2, 0) is 23.7 Å². The summed E-state index contributed by atoms with van der Waals surface area (Å²) in [6, 6.07) is 0. The molecule has 0 rings (SSSR count). The SMILES string of the molecule is COCCOCCOCCOCCOCC(F)(F)C(F)(F)C(F)(F)C(F)(F)CN=[N+]=[N-]. The van der Waals surface area contributed by atoms with Crippen molar-refractivity contribution in [3.05, 3.63) is 10.4 Å². The normalized spacial score (nSPS) is 13.3. The third-order valence-electron chi connectivity index (χ3n) is 3.48. The predicted octanol–water partition coefficient (Wildman–Crippen LogP) is 3.55. The van der Waals surface area contributed by atoms with E-state index >= 15 is 0 Å². The van der Waals surface area contributed by atoms with E-state index < -0.39 is 43.4 Å². The molecule has 0 aromatic rings. The van der Waals surface area contributed by atoms with Gasteiger partial charge in [0.05, 0.1) is 59.4 Å². The molecule has 0 amide bonds. The zero-order valence-electron chi connectivity index (χ0n) is 16.5. The summed E-state index contributed by atoms with van der Waals surface area (Å²) in [6.45, 7) is -4.37. The van der Waals surface area contributed by atoms with Gasteiger partial charge in [0, 0.05) is 12.0 Å². The molecule has 0 saturated heterocycles. The Morgan fingerprint density at radius 1 is 0.645 bits per heavy atom. The molecule has 0 aliphatic carbocycles. The third-order valence-corrected chi connectivity index (χ3v) is 3.48. The van der Waals surface area contributed by atoms with Gasteiger partial charge in [0.25, 0.3) is 0 Å². The molecule has 0 aliphatic heterocycles. The number of hydrogen-bond acceptors (Lipinski definition) is 6. The van der Waals surface area contributed by atoms with Crippen LogP contribution in [0, 0.1) is 0 Å². The van der Waals surface area contributed by atoms with Crippen LogP contribution in [0.15, 0.2) is 5.11 Å². The summed E-state index contributed by atoms with van der Waals surface area (Å²) in [7, 11) is 1.51. The predicted molar refractivity (Wildman–Crippen MR) is 89.0 cm³/mol. The second kappa shape index (κ2) is 13.9. The summed E-state index contributed by atoms with van der Waals surface area (Å²) in [4.78, 5) is 1.72. The molecule has 0 aromatic carbocycles. The summed E-state index contributed by atoms with van der Waals surface area (Å²) in [6.07, 6.45) is 0. The van der Waals surface area contributed by atoms with Crippen molar-refractivity contribution in [1.82, 2.24) is 0 Å². The molecule has 0 unspecified atom stereocenters. The van der Waals surface area contributed by atoms with Crippen LogP contribution in [0.5, 0.6) is 0 Å². The second-order valence-corrected chi connectivity index (χ2v) is 5.83. The number of rotatable bonds is 19. The molecular formula is C15H23F8N3O5. The van der Waals surface area contributed by atoms with Crippen molar-refractivity contribution in [3.63, 3.8) is 0 Å². The van der Waals surface area contributed by atoms with Crippen molar-refractivity contribution in [1.29, 1.82) is 0 Å². The van der Waals surface area contributed by atoms with Crippen molar-refractivity contribution in [2.75, 3.05) is 73.1 Å². The molecule has 184 valence electrons. The van der Waals surface area contributed by atoms with Crippen LogP contribution in [0.1, 0.15) is 0 Å². The molecule has 0 saturated carbocycles. The molecular weight excluding hydrogens is 454 g/mol. The van der Waals surface area contributed by atoms with Gasteiger partial charge in [0.1, 0.15) is 6.61 Å². The van der Waals surface area contributed by atoms with Crippen LogP contribution in [0.4, 0.5) is 35.1 Å². The second-order valence-electron chi connectivity index (χ2n) is 5.83. The Morgan fingerprint density at radius 3 is 1.45 bits per heavy atom.